The first-order valence-corrected chi connectivity index (χ1v) is 6.93. The molecule has 1 aromatic rings. The molecular formula is C11H14ClIN2O2. The van der Waals surface area contributed by atoms with Gasteiger partial charge in [0.25, 0.3) is 5.56 Å². The van der Waals surface area contributed by atoms with Gasteiger partial charge in [0, 0.05) is 0 Å². The average Bonchev–Trinajstić information content (AvgIpc) is 2.59. The van der Waals surface area contributed by atoms with Gasteiger partial charge in [-0.3, -0.25) is 9.36 Å². The average molecular weight is 369 g/mol. The maximum atomic E-state index is 11.9. The largest absolute Gasteiger partial charge is 0.370 e. The molecular weight excluding hydrogens is 354 g/mol. The molecule has 94 valence electrons. The number of rotatable bonds is 2. The second kappa shape index (κ2) is 4.85. The van der Waals surface area contributed by atoms with Crippen LogP contribution in [-0.2, 0) is 11.3 Å². The van der Waals surface area contributed by atoms with E-state index < -0.39 is 0 Å². The highest BCUT2D eigenvalue weighted by atomic mass is 127. The Hall–Kier alpha value is -0.140. The van der Waals surface area contributed by atoms with E-state index in [-0.39, 0.29) is 22.4 Å². The molecule has 0 amide bonds. The molecule has 1 aromatic heterocycles. The third-order valence-corrected chi connectivity index (χ3v) is 4.47. The summed E-state index contributed by atoms with van der Waals surface area (Å²) < 4.78 is 7.89. The minimum absolute atomic E-state index is 0.0821. The topological polar surface area (TPSA) is 44.1 Å². The molecule has 1 aliphatic rings. The van der Waals surface area contributed by atoms with Gasteiger partial charge in [-0.15, -0.1) is 0 Å². The third-order valence-electron chi connectivity index (χ3n) is 2.89. The molecule has 1 atom stereocenters. The van der Waals surface area contributed by atoms with Gasteiger partial charge in [0.2, 0.25) is 0 Å². The van der Waals surface area contributed by atoms with E-state index in [1.807, 2.05) is 22.6 Å². The molecule has 0 radical (unpaired) electrons. The van der Waals surface area contributed by atoms with Crippen molar-refractivity contribution in [1.29, 1.82) is 0 Å². The van der Waals surface area contributed by atoms with Crippen molar-refractivity contribution in [3.05, 3.63) is 25.4 Å². The van der Waals surface area contributed by atoms with Gasteiger partial charge in [0.1, 0.15) is 8.72 Å². The van der Waals surface area contributed by atoms with E-state index in [0.29, 0.717) is 10.1 Å². The fourth-order valence-corrected chi connectivity index (χ4v) is 2.57. The molecule has 0 N–H and O–H groups in total. The van der Waals surface area contributed by atoms with Crippen LogP contribution < -0.4 is 5.56 Å². The Morgan fingerprint density at radius 3 is 3.00 bits per heavy atom. The standard InChI is InChI=1S/C11H14ClIN2O2/c1-11(2)4-3-7(17-11)5-15-6-14-9(12)8(13)10(15)16/h6-7H,3-5H2,1-2H3. The number of hydrogen-bond donors (Lipinski definition) is 0. The maximum absolute atomic E-state index is 11.9. The van der Waals surface area contributed by atoms with E-state index in [0.717, 1.165) is 12.8 Å². The summed E-state index contributed by atoms with van der Waals surface area (Å²) in [5, 5.41) is 0.263. The van der Waals surface area contributed by atoms with Crippen LogP contribution in [0.2, 0.25) is 5.15 Å². The predicted molar refractivity (Wildman–Crippen MR) is 74.4 cm³/mol. The molecule has 1 saturated heterocycles. The highest BCUT2D eigenvalue weighted by molar-refractivity contribution is 14.1. The van der Waals surface area contributed by atoms with E-state index in [2.05, 4.69) is 18.8 Å². The first-order valence-electron chi connectivity index (χ1n) is 5.47. The Kier molecular flexibility index (Phi) is 3.80. The van der Waals surface area contributed by atoms with Crippen molar-refractivity contribution < 1.29 is 4.74 Å². The van der Waals surface area contributed by atoms with Gasteiger partial charge < -0.3 is 4.74 Å². The summed E-state index contributed by atoms with van der Waals surface area (Å²) in [6.45, 7) is 4.68. The lowest BCUT2D eigenvalue weighted by Gasteiger charge is -2.19. The molecule has 0 aliphatic carbocycles. The van der Waals surface area contributed by atoms with E-state index in [1.54, 1.807) is 4.57 Å². The van der Waals surface area contributed by atoms with Crippen LogP contribution in [0.1, 0.15) is 26.7 Å². The van der Waals surface area contributed by atoms with Crippen LogP contribution in [-0.4, -0.2) is 21.3 Å². The van der Waals surface area contributed by atoms with E-state index >= 15 is 0 Å². The summed E-state index contributed by atoms with van der Waals surface area (Å²) in [5.74, 6) is 0. The van der Waals surface area contributed by atoms with Crippen molar-refractivity contribution in [1.82, 2.24) is 9.55 Å². The third kappa shape index (κ3) is 3.00. The predicted octanol–water partition coefficient (Wildman–Crippen LogP) is 2.46. The maximum Gasteiger partial charge on any atom is 0.268 e. The number of nitrogens with zero attached hydrogens (tertiary/aromatic N) is 2. The van der Waals surface area contributed by atoms with Crippen molar-refractivity contribution in [3.8, 4) is 0 Å². The van der Waals surface area contributed by atoms with Crippen molar-refractivity contribution in [2.75, 3.05) is 0 Å². The molecule has 6 heteroatoms. The summed E-state index contributed by atoms with van der Waals surface area (Å²) in [6, 6.07) is 0. The molecule has 17 heavy (non-hydrogen) atoms. The molecule has 0 saturated carbocycles. The minimum Gasteiger partial charge on any atom is -0.370 e. The van der Waals surface area contributed by atoms with Crippen molar-refractivity contribution >= 4 is 34.2 Å². The van der Waals surface area contributed by atoms with Gasteiger partial charge in [-0.1, -0.05) is 11.6 Å². The fraction of sp³-hybridized carbons (Fsp3) is 0.636. The Bertz CT molecular complexity index is 487. The molecule has 1 aliphatic heterocycles. The summed E-state index contributed by atoms with van der Waals surface area (Å²) in [5.41, 5.74) is -0.180. The number of hydrogen-bond acceptors (Lipinski definition) is 3. The van der Waals surface area contributed by atoms with Gasteiger partial charge in [-0.2, -0.15) is 0 Å². The number of aromatic nitrogens is 2. The van der Waals surface area contributed by atoms with Gasteiger partial charge in [0.15, 0.2) is 0 Å². The lowest BCUT2D eigenvalue weighted by Crippen LogP contribution is -2.30. The highest BCUT2D eigenvalue weighted by Crippen LogP contribution is 2.29. The Morgan fingerprint density at radius 2 is 2.41 bits per heavy atom. The molecule has 0 aromatic carbocycles. The number of ether oxygens (including phenoxy) is 1. The summed E-state index contributed by atoms with van der Waals surface area (Å²) in [7, 11) is 0. The molecule has 2 rings (SSSR count). The Balaban J connectivity index is 2.16. The molecule has 1 unspecified atom stereocenters. The zero-order chi connectivity index (χ0) is 12.6. The molecule has 1 fully saturated rings. The second-order valence-corrected chi connectivity index (χ2v) is 6.28. The molecule has 0 bridgehead atoms. The van der Waals surface area contributed by atoms with Crippen LogP contribution in [0.15, 0.2) is 11.1 Å². The van der Waals surface area contributed by atoms with Crippen molar-refractivity contribution in [2.24, 2.45) is 0 Å². The highest BCUT2D eigenvalue weighted by Gasteiger charge is 2.31. The van der Waals surface area contributed by atoms with Gasteiger partial charge in [0.05, 0.1) is 24.6 Å². The molecule has 2 heterocycles. The zero-order valence-electron chi connectivity index (χ0n) is 9.74. The van der Waals surface area contributed by atoms with Gasteiger partial charge >= 0.3 is 0 Å². The monoisotopic (exact) mass is 368 g/mol. The second-order valence-electron chi connectivity index (χ2n) is 4.85. The summed E-state index contributed by atoms with van der Waals surface area (Å²) in [6.07, 6.45) is 3.56. The molecule has 0 spiro atoms. The van der Waals surface area contributed by atoms with Crippen LogP contribution in [0.5, 0.6) is 0 Å². The van der Waals surface area contributed by atoms with Crippen LogP contribution in [0.25, 0.3) is 0 Å². The van der Waals surface area contributed by atoms with Crippen LogP contribution in [0, 0.1) is 3.57 Å². The van der Waals surface area contributed by atoms with Crippen LogP contribution in [0.3, 0.4) is 0 Å². The van der Waals surface area contributed by atoms with Crippen LogP contribution >= 0.6 is 34.2 Å². The molecule has 4 nitrogen and oxygen atoms in total. The lowest BCUT2D eigenvalue weighted by atomic mass is 10.1. The SMILES string of the molecule is CC1(C)CCC(Cn2cnc(Cl)c(I)c2=O)O1. The van der Waals surface area contributed by atoms with Gasteiger partial charge in [-0.25, -0.2) is 4.98 Å². The van der Waals surface area contributed by atoms with Crippen LogP contribution in [0.4, 0.5) is 0 Å². The quantitative estimate of drug-likeness (QED) is 0.595. The van der Waals surface area contributed by atoms with E-state index in [9.17, 15) is 4.79 Å². The van der Waals surface area contributed by atoms with E-state index in [1.165, 1.54) is 6.33 Å². The minimum atomic E-state index is -0.0982. The van der Waals surface area contributed by atoms with E-state index in [4.69, 9.17) is 16.3 Å². The Labute approximate surface area is 118 Å². The normalized spacial score (nSPS) is 22.9. The lowest BCUT2D eigenvalue weighted by molar-refractivity contribution is -0.0221. The first-order chi connectivity index (χ1) is 7.89. The van der Waals surface area contributed by atoms with Crippen molar-refractivity contribution in [2.45, 2.75) is 44.9 Å². The Morgan fingerprint density at radius 1 is 1.71 bits per heavy atom. The zero-order valence-corrected chi connectivity index (χ0v) is 12.7. The van der Waals surface area contributed by atoms with Crippen molar-refractivity contribution in [3.63, 3.8) is 0 Å². The fourth-order valence-electron chi connectivity index (χ4n) is 2.00. The first kappa shape index (κ1) is 13.3. The summed E-state index contributed by atoms with van der Waals surface area (Å²) >= 11 is 7.70. The van der Waals surface area contributed by atoms with Gasteiger partial charge in [-0.05, 0) is 49.3 Å². The number of halogens is 2. The smallest absolute Gasteiger partial charge is 0.268 e. The summed E-state index contributed by atoms with van der Waals surface area (Å²) in [4.78, 5) is 15.9.